The van der Waals surface area contributed by atoms with E-state index in [1.54, 1.807) is 5.01 Å². The number of nitrogens with two attached hydrogens (primary N) is 1. The van der Waals surface area contributed by atoms with Gasteiger partial charge in [-0.25, -0.2) is 5.01 Å². The highest BCUT2D eigenvalue weighted by molar-refractivity contribution is 5.79. The fraction of sp³-hybridized carbons (Fsp3) is 0.900. The monoisotopic (exact) mass is 199 g/mol. The van der Waals surface area contributed by atoms with Gasteiger partial charge >= 0.3 is 0 Å². The van der Waals surface area contributed by atoms with Crippen LogP contribution < -0.4 is 11.2 Å². The largest absolute Gasteiger partial charge is 0.327 e. The Morgan fingerprint density at radius 3 is 2.64 bits per heavy atom. The highest BCUT2D eigenvalue weighted by Gasteiger charge is 2.32. The molecule has 1 aliphatic carbocycles. The zero-order chi connectivity index (χ0) is 10.7. The second kappa shape index (κ2) is 4.75. The molecular weight excluding hydrogens is 178 g/mol. The van der Waals surface area contributed by atoms with Crippen molar-refractivity contribution in [2.24, 2.45) is 17.6 Å². The van der Waals surface area contributed by atoms with E-state index in [4.69, 9.17) is 5.73 Å². The van der Waals surface area contributed by atoms with Crippen LogP contribution in [-0.2, 0) is 4.79 Å². The molecule has 82 valence electrons. The number of carbonyl (C=O) groups is 1. The summed E-state index contributed by atoms with van der Waals surface area (Å²) in [5.74, 6) is 0.511. The van der Waals surface area contributed by atoms with Gasteiger partial charge < -0.3 is 5.73 Å². The predicted molar refractivity (Wildman–Crippen MR) is 56.3 cm³/mol. The Bertz CT molecular complexity index is 206. The first kappa shape index (κ1) is 11.5. The number of carbonyl (C=O) groups excluding carboxylic acids is 1. The van der Waals surface area contributed by atoms with Gasteiger partial charge in [0, 0.05) is 20.1 Å². The fourth-order valence-electron chi connectivity index (χ4n) is 2.05. The minimum Gasteiger partial charge on any atom is -0.327 e. The Labute approximate surface area is 85.8 Å². The lowest BCUT2D eigenvalue weighted by Gasteiger charge is -2.33. The van der Waals surface area contributed by atoms with Crippen LogP contribution >= 0.6 is 0 Å². The first-order valence-corrected chi connectivity index (χ1v) is 5.25. The number of rotatable bonds is 2. The highest BCUT2D eigenvalue weighted by atomic mass is 16.2. The molecule has 1 amide bonds. The normalized spacial score (nSPS) is 33.1. The number of hydrazine groups is 1. The van der Waals surface area contributed by atoms with Crippen molar-refractivity contribution in [2.75, 3.05) is 14.1 Å². The van der Waals surface area contributed by atoms with Crippen LogP contribution in [0.15, 0.2) is 0 Å². The molecular formula is C10H21N3O. The van der Waals surface area contributed by atoms with Gasteiger partial charge in [-0.15, -0.1) is 0 Å². The first-order valence-electron chi connectivity index (χ1n) is 5.25. The Morgan fingerprint density at radius 2 is 2.07 bits per heavy atom. The van der Waals surface area contributed by atoms with Gasteiger partial charge in [0.15, 0.2) is 0 Å². The second-order valence-corrected chi connectivity index (χ2v) is 4.46. The van der Waals surface area contributed by atoms with E-state index in [0.29, 0.717) is 5.92 Å². The molecule has 0 heterocycles. The molecule has 14 heavy (non-hydrogen) atoms. The van der Waals surface area contributed by atoms with Crippen molar-refractivity contribution in [3.63, 3.8) is 0 Å². The first-order chi connectivity index (χ1) is 6.52. The van der Waals surface area contributed by atoms with Gasteiger partial charge in [-0.2, -0.15) is 0 Å². The third-order valence-corrected chi connectivity index (χ3v) is 2.97. The highest BCUT2D eigenvalue weighted by Crippen LogP contribution is 2.27. The molecule has 1 aliphatic rings. The van der Waals surface area contributed by atoms with E-state index >= 15 is 0 Å². The quantitative estimate of drug-likeness (QED) is 0.631. The zero-order valence-electron chi connectivity index (χ0n) is 9.29. The van der Waals surface area contributed by atoms with Gasteiger partial charge in [0.1, 0.15) is 0 Å². The topological polar surface area (TPSA) is 58.4 Å². The summed E-state index contributed by atoms with van der Waals surface area (Å²) in [5, 5.41) is 1.67. The van der Waals surface area contributed by atoms with Crippen molar-refractivity contribution in [3.8, 4) is 0 Å². The SMILES string of the molecule is CC1CCCC(C(=O)NN(C)C)C1N. The lowest BCUT2D eigenvalue weighted by Crippen LogP contribution is -2.50. The van der Waals surface area contributed by atoms with E-state index in [9.17, 15) is 4.79 Å². The van der Waals surface area contributed by atoms with Crippen LogP contribution in [0.2, 0.25) is 0 Å². The maximum atomic E-state index is 11.7. The molecule has 0 aromatic carbocycles. The van der Waals surface area contributed by atoms with Crippen molar-refractivity contribution in [3.05, 3.63) is 0 Å². The maximum Gasteiger partial charge on any atom is 0.238 e. The smallest absolute Gasteiger partial charge is 0.238 e. The van der Waals surface area contributed by atoms with Crippen LogP contribution in [0.4, 0.5) is 0 Å². The second-order valence-electron chi connectivity index (χ2n) is 4.46. The summed E-state index contributed by atoms with van der Waals surface area (Å²) in [5.41, 5.74) is 8.80. The van der Waals surface area contributed by atoms with Crippen LogP contribution in [0.3, 0.4) is 0 Å². The molecule has 1 rings (SSSR count). The molecule has 0 radical (unpaired) electrons. The van der Waals surface area contributed by atoms with Crippen LogP contribution in [0.5, 0.6) is 0 Å². The number of nitrogens with zero attached hydrogens (tertiary/aromatic N) is 1. The van der Waals surface area contributed by atoms with Gasteiger partial charge in [-0.3, -0.25) is 10.2 Å². The molecule has 4 heteroatoms. The van der Waals surface area contributed by atoms with Crippen LogP contribution in [-0.4, -0.2) is 31.1 Å². The Morgan fingerprint density at radius 1 is 1.43 bits per heavy atom. The molecule has 0 aromatic rings. The van der Waals surface area contributed by atoms with Gasteiger partial charge in [0.2, 0.25) is 5.91 Å². The third kappa shape index (κ3) is 2.69. The average Bonchev–Trinajstić information content (AvgIpc) is 2.08. The lowest BCUT2D eigenvalue weighted by molar-refractivity contribution is -0.130. The van der Waals surface area contributed by atoms with E-state index in [2.05, 4.69) is 12.3 Å². The molecule has 0 bridgehead atoms. The molecule has 1 fully saturated rings. The Hall–Kier alpha value is -0.610. The zero-order valence-corrected chi connectivity index (χ0v) is 9.29. The van der Waals surface area contributed by atoms with Crippen LogP contribution in [0.25, 0.3) is 0 Å². The van der Waals surface area contributed by atoms with Gasteiger partial charge in [-0.05, 0) is 18.8 Å². The lowest BCUT2D eigenvalue weighted by atomic mass is 9.78. The van der Waals surface area contributed by atoms with Crippen molar-refractivity contribution < 1.29 is 4.79 Å². The van der Waals surface area contributed by atoms with E-state index in [0.717, 1.165) is 19.3 Å². The predicted octanol–water partition coefficient (Wildman–Crippen LogP) is 0.343. The van der Waals surface area contributed by atoms with E-state index in [-0.39, 0.29) is 17.9 Å². The summed E-state index contributed by atoms with van der Waals surface area (Å²) in [6, 6.07) is 0.0173. The Kier molecular flexibility index (Phi) is 3.89. The summed E-state index contributed by atoms with van der Waals surface area (Å²) in [6.45, 7) is 2.12. The number of nitrogens with one attached hydrogen (secondary N) is 1. The van der Waals surface area contributed by atoms with Crippen molar-refractivity contribution in [2.45, 2.75) is 32.2 Å². The van der Waals surface area contributed by atoms with E-state index in [1.807, 2.05) is 14.1 Å². The van der Waals surface area contributed by atoms with E-state index in [1.165, 1.54) is 0 Å². The van der Waals surface area contributed by atoms with Crippen molar-refractivity contribution >= 4 is 5.91 Å². The molecule has 0 spiro atoms. The van der Waals surface area contributed by atoms with Crippen LogP contribution in [0.1, 0.15) is 26.2 Å². The molecule has 3 N–H and O–H groups in total. The fourth-order valence-corrected chi connectivity index (χ4v) is 2.05. The minimum atomic E-state index is -0.0128. The van der Waals surface area contributed by atoms with Gasteiger partial charge in [0.25, 0.3) is 0 Å². The van der Waals surface area contributed by atoms with Crippen LogP contribution in [0, 0.1) is 11.8 Å². The summed E-state index contributed by atoms with van der Waals surface area (Å²) in [7, 11) is 3.63. The molecule has 3 unspecified atom stereocenters. The summed E-state index contributed by atoms with van der Waals surface area (Å²) < 4.78 is 0. The van der Waals surface area contributed by atoms with E-state index < -0.39 is 0 Å². The molecule has 4 nitrogen and oxygen atoms in total. The standard InChI is InChI=1S/C10H21N3O/c1-7-5-4-6-8(9(7)11)10(14)12-13(2)3/h7-9H,4-6,11H2,1-3H3,(H,12,14). The van der Waals surface area contributed by atoms with Crippen molar-refractivity contribution in [1.82, 2.24) is 10.4 Å². The van der Waals surface area contributed by atoms with Crippen molar-refractivity contribution in [1.29, 1.82) is 0 Å². The number of amides is 1. The summed E-state index contributed by atoms with van der Waals surface area (Å²) in [4.78, 5) is 11.7. The van der Waals surface area contributed by atoms with Gasteiger partial charge in [0.05, 0.1) is 5.92 Å². The average molecular weight is 199 g/mol. The summed E-state index contributed by atoms with van der Waals surface area (Å²) in [6.07, 6.45) is 3.18. The molecule has 0 aliphatic heterocycles. The Balaban J connectivity index is 2.53. The molecule has 1 saturated carbocycles. The third-order valence-electron chi connectivity index (χ3n) is 2.97. The maximum absolute atomic E-state index is 11.7. The molecule has 0 saturated heterocycles. The molecule has 3 atom stereocenters. The number of hydrogen-bond acceptors (Lipinski definition) is 3. The van der Waals surface area contributed by atoms with Gasteiger partial charge in [-0.1, -0.05) is 13.3 Å². The number of hydrogen-bond donors (Lipinski definition) is 2. The molecule has 0 aromatic heterocycles. The summed E-state index contributed by atoms with van der Waals surface area (Å²) >= 11 is 0. The minimum absolute atomic E-state index is 0.0128.